The number of carbonyl (C=O) groups excluding carboxylic acids is 2. The van der Waals surface area contributed by atoms with Crippen molar-refractivity contribution in [1.29, 1.82) is 0 Å². The van der Waals surface area contributed by atoms with Crippen molar-refractivity contribution in [2.45, 2.75) is 40.7 Å². The summed E-state index contributed by atoms with van der Waals surface area (Å²) in [5.41, 5.74) is 1.40. The Morgan fingerprint density at radius 1 is 1.12 bits per heavy atom. The third-order valence-electron chi connectivity index (χ3n) is 4.46. The van der Waals surface area contributed by atoms with Gasteiger partial charge in [-0.3, -0.25) is 9.59 Å². The molecule has 1 aromatic carbocycles. The van der Waals surface area contributed by atoms with Gasteiger partial charge in [0.15, 0.2) is 0 Å². The Balaban J connectivity index is 1.98. The van der Waals surface area contributed by atoms with Gasteiger partial charge < -0.3 is 15.1 Å². The molecule has 2 amide bonds. The highest BCUT2D eigenvalue weighted by Crippen LogP contribution is 2.23. The Bertz CT molecular complexity index is 602. The van der Waals surface area contributed by atoms with Crippen molar-refractivity contribution in [3.05, 3.63) is 29.8 Å². The minimum Gasteiger partial charge on any atom is -0.368 e. The van der Waals surface area contributed by atoms with Gasteiger partial charge in [-0.15, -0.1) is 0 Å². The number of aryl methyl sites for hydroxylation is 1. The number of anilines is 1. The maximum Gasteiger partial charge on any atom is 0.237 e. The van der Waals surface area contributed by atoms with Gasteiger partial charge in [0.05, 0.1) is 0 Å². The molecule has 0 aliphatic carbocycles. The van der Waals surface area contributed by atoms with Gasteiger partial charge in [-0.25, -0.2) is 0 Å². The molecule has 0 spiro atoms. The second kappa shape index (κ2) is 7.24. The summed E-state index contributed by atoms with van der Waals surface area (Å²) in [5, 5.41) is 2.85. The topological polar surface area (TPSA) is 52.7 Å². The lowest BCUT2D eigenvalue weighted by molar-refractivity contribution is -0.149. The summed E-state index contributed by atoms with van der Waals surface area (Å²) in [7, 11) is 0. The van der Waals surface area contributed by atoms with Crippen LogP contribution in [0.25, 0.3) is 0 Å². The molecule has 1 aliphatic rings. The average molecular weight is 331 g/mol. The molecule has 0 aromatic heterocycles. The lowest BCUT2D eigenvalue weighted by Crippen LogP contribution is -2.56. The van der Waals surface area contributed by atoms with Crippen LogP contribution < -0.4 is 10.2 Å². The highest BCUT2D eigenvalue weighted by molar-refractivity contribution is 6.04. The maximum atomic E-state index is 12.8. The minimum absolute atomic E-state index is 0.0303. The molecule has 0 unspecified atom stereocenters. The zero-order valence-electron chi connectivity index (χ0n) is 15.4. The summed E-state index contributed by atoms with van der Waals surface area (Å²) in [5.74, 6) is -0.298. The average Bonchev–Trinajstić information content (AvgIpc) is 2.53. The monoisotopic (exact) mass is 331 g/mol. The molecule has 0 bridgehead atoms. The molecule has 24 heavy (non-hydrogen) atoms. The van der Waals surface area contributed by atoms with Crippen molar-refractivity contribution in [1.82, 2.24) is 10.2 Å². The zero-order valence-corrected chi connectivity index (χ0v) is 15.4. The molecule has 132 valence electrons. The number of hydrogen-bond acceptors (Lipinski definition) is 3. The molecular formula is C19H29N3O2. The van der Waals surface area contributed by atoms with Crippen molar-refractivity contribution in [3.63, 3.8) is 0 Å². The lowest BCUT2D eigenvalue weighted by Gasteiger charge is -2.39. The molecule has 1 saturated heterocycles. The second-order valence-corrected chi connectivity index (χ2v) is 7.37. The molecular weight excluding hydrogens is 302 g/mol. The number of piperazine rings is 1. The van der Waals surface area contributed by atoms with Crippen LogP contribution in [0.4, 0.5) is 5.69 Å². The van der Waals surface area contributed by atoms with E-state index in [1.165, 1.54) is 11.3 Å². The van der Waals surface area contributed by atoms with Gasteiger partial charge in [-0.1, -0.05) is 12.1 Å². The zero-order chi connectivity index (χ0) is 17.9. The van der Waals surface area contributed by atoms with E-state index in [-0.39, 0.29) is 17.9 Å². The summed E-state index contributed by atoms with van der Waals surface area (Å²) in [6.07, 6.45) is 0. The number of rotatable bonds is 4. The molecule has 0 radical (unpaired) electrons. The number of nitrogens with one attached hydrogen (secondary N) is 1. The Hall–Kier alpha value is -2.04. The predicted octanol–water partition coefficient (Wildman–Crippen LogP) is 2.19. The quantitative estimate of drug-likeness (QED) is 0.861. The normalized spacial score (nSPS) is 15.6. The van der Waals surface area contributed by atoms with Crippen LogP contribution in [0.2, 0.25) is 0 Å². The third kappa shape index (κ3) is 4.08. The number of benzene rings is 1. The highest BCUT2D eigenvalue weighted by atomic mass is 16.2. The van der Waals surface area contributed by atoms with Gasteiger partial charge in [0.1, 0.15) is 5.41 Å². The van der Waals surface area contributed by atoms with Crippen LogP contribution in [-0.4, -0.2) is 48.9 Å². The Morgan fingerprint density at radius 3 is 2.29 bits per heavy atom. The van der Waals surface area contributed by atoms with Gasteiger partial charge in [-0.05, 0) is 52.3 Å². The Labute approximate surface area is 145 Å². The SMILES string of the molecule is Cc1cccc(N2CCN(C(=O)C(C)(C)C(=O)NC(C)C)CC2)c1. The first-order chi connectivity index (χ1) is 11.2. The largest absolute Gasteiger partial charge is 0.368 e. The van der Waals surface area contributed by atoms with Crippen molar-refractivity contribution in [3.8, 4) is 0 Å². The molecule has 0 atom stereocenters. The van der Waals surface area contributed by atoms with Crippen LogP contribution in [0, 0.1) is 12.3 Å². The fourth-order valence-corrected chi connectivity index (χ4v) is 2.93. The number of nitrogens with zero attached hydrogens (tertiary/aromatic N) is 2. The van der Waals surface area contributed by atoms with Crippen LogP contribution in [0.3, 0.4) is 0 Å². The summed E-state index contributed by atoms with van der Waals surface area (Å²) >= 11 is 0. The fraction of sp³-hybridized carbons (Fsp3) is 0.579. The van der Waals surface area contributed by atoms with E-state index in [1.54, 1.807) is 13.8 Å². The Kier molecular flexibility index (Phi) is 5.52. The molecule has 1 heterocycles. The summed E-state index contributed by atoms with van der Waals surface area (Å²) in [6, 6.07) is 8.44. The molecule has 1 aromatic rings. The number of amides is 2. The molecule has 0 saturated carbocycles. The van der Waals surface area contributed by atoms with Gasteiger partial charge in [0.2, 0.25) is 11.8 Å². The summed E-state index contributed by atoms with van der Waals surface area (Å²) < 4.78 is 0. The van der Waals surface area contributed by atoms with Crippen LogP contribution in [-0.2, 0) is 9.59 Å². The van der Waals surface area contributed by atoms with E-state index >= 15 is 0 Å². The van der Waals surface area contributed by atoms with Crippen molar-refractivity contribution in [2.75, 3.05) is 31.1 Å². The van der Waals surface area contributed by atoms with E-state index in [2.05, 4.69) is 41.4 Å². The summed E-state index contributed by atoms with van der Waals surface area (Å²) in [6.45, 7) is 12.2. The first-order valence-corrected chi connectivity index (χ1v) is 8.64. The van der Waals surface area contributed by atoms with E-state index in [4.69, 9.17) is 0 Å². The van der Waals surface area contributed by atoms with Crippen LogP contribution in [0.15, 0.2) is 24.3 Å². The van der Waals surface area contributed by atoms with Gasteiger partial charge in [-0.2, -0.15) is 0 Å². The van der Waals surface area contributed by atoms with Gasteiger partial charge in [0.25, 0.3) is 0 Å². The van der Waals surface area contributed by atoms with Crippen LogP contribution >= 0.6 is 0 Å². The van der Waals surface area contributed by atoms with Crippen LogP contribution in [0.1, 0.15) is 33.3 Å². The molecule has 5 nitrogen and oxygen atoms in total. The molecule has 1 fully saturated rings. The molecule has 2 rings (SSSR count). The fourth-order valence-electron chi connectivity index (χ4n) is 2.93. The maximum absolute atomic E-state index is 12.8. The number of carbonyl (C=O) groups is 2. The third-order valence-corrected chi connectivity index (χ3v) is 4.46. The van der Waals surface area contributed by atoms with E-state index < -0.39 is 5.41 Å². The van der Waals surface area contributed by atoms with Gasteiger partial charge in [0, 0.05) is 37.9 Å². The van der Waals surface area contributed by atoms with Crippen LogP contribution in [0.5, 0.6) is 0 Å². The van der Waals surface area contributed by atoms with E-state index in [9.17, 15) is 9.59 Å². The molecule has 1 N–H and O–H groups in total. The van der Waals surface area contributed by atoms with Crippen molar-refractivity contribution in [2.24, 2.45) is 5.41 Å². The predicted molar refractivity (Wildman–Crippen MR) is 97.0 cm³/mol. The standard InChI is InChI=1S/C19H29N3O2/c1-14(2)20-17(23)19(4,5)18(24)22-11-9-21(10-12-22)16-8-6-7-15(3)13-16/h6-8,13-14H,9-12H2,1-5H3,(H,20,23). The van der Waals surface area contributed by atoms with E-state index in [1.807, 2.05) is 18.7 Å². The second-order valence-electron chi connectivity index (χ2n) is 7.37. The first kappa shape index (κ1) is 18.3. The van der Waals surface area contributed by atoms with E-state index in [0.29, 0.717) is 13.1 Å². The smallest absolute Gasteiger partial charge is 0.237 e. The van der Waals surface area contributed by atoms with Crippen molar-refractivity contribution < 1.29 is 9.59 Å². The lowest BCUT2D eigenvalue weighted by atomic mass is 9.89. The van der Waals surface area contributed by atoms with E-state index in [0.717, 1.165) is 13.1 Å². The van der Waals surface area contributed by atoms with Gasteiger partial charge >= 0.3 is 0 Å². The highest BCUT2D eigenvalue weighted by Gasteiger charge is 2.40. The molecule has 5 heteroatoms. The van der Waals surface area contributed by atoms with Crippen molar-refractivity contribution >= 4 is 17.5 Å². The molecule has 1 aliphatic heterocycles. The Morgan fingerprint density at radius 2 is 1.75 bits per heavy atom. The minimum atomic E-state index is -1.03. The summed E-state index contributed by atoms with van der Waals surface area (Å²) in [4.78, 5) is 29.2. The number of hydrogen-bond donors (Lipinski definition) is 1. The first-order valence-electron chi connectivity index (χ1n) is 8.64.